The lowest BCUT2D eigenvalue weighted by Crippen LogP contribution is -2.00. The Morgan fingerprint density at radius 1 is 1.25 bits per heavy atom. The smallest absolute Gasteiger partial charge is 0.209 e. The highest BCUT2D eigenvalue weighted by Crippen LogP contribution is 2.28. The van der Waals surface area contributed by atoms with E-state index in [0.717, 1.165) is 12.1 Å². The Bertz CT molecular complexity index is 745. The first kappa shape index (κ1) is 12.8. The van der Waals surface area contributed by atoms with Crippen molar-refractivity contribution in [1.29, 1.82) is 0 Å². The van der Waals surface area contributed by atoms with E-state index in [1.165, 1.54) is 10.4 Å². The fourth-order valence-corrected chi connectivity index (χ4v) is 2.33. The Morgan fingerprint density at radius 3 is 2.75 bits per heavy atom. The summed E-state index contributed by atoms with van der Waals surface area (Å²) in [7, 11) is 1.71. The molecule has 102 valence electrons. The van der Waals surface area contributed by atoms with Crippen LogP contribution in [-0.2, 0) is 13.5 Å². The number of hydrogen-bond donors (Lipinski definition) is 0. The van der Waals surface area contributed by atoms with Crippen LogP contribution in [0.2, 0.25) is 5.15 Å². The quantitative estimate of drug-likeness (QED) is 0.742. The summed E-state index contributed by atoms with van der Waals surface area (Å²) in [6, 6.07) is 8.02. The third kappa shape index (κ3) is 2.08. The summed E-state index contributed by atoms with van der Waals surface area (Å²) in [5.74, 6) is 0.470. The second-order valence-corrected chi connectivity index (χ2v) is 4.70. The minimum atomic E-state index is 0.470. The van der Waals surface area contributed by atoms with Gasteiger partial charge in [0, 0.05) is 0 Å². The van der Waals surface area contributed by atoms with Crippen LogP contribution >= 0.6 is 11.6 Å². The lowest BCUT2D eigenvalue weighted by molar-refractivity contribution is 0.630. The molecule has 0 amide bonds. The predicted octanol–water partition coefficient (Wildman–Crippen LogP) is 2.28. The first-order valence-electron chi connectivity index (χ1n) is 6.27. The van der Waals surface area contributed by atoms with Gasteiger partial charge >= 0.3 is 0 Å². The third-order valence-electron chi connectivity index (χ3n) is 3.06. The first-order chi connectivity index (χ1) is 9.70. The van der Waals surface area contributed by atoms with Crippen LogP contribution in [0, 0.1) is 0 Å². The number of para-hydroxylation sites is 1. The van der Waals surface area contributed by atoms with Gasteiger partial charge in [-0.25, -0.2) is 4.68 Å². The lowest BCUT2D eigenvalue weighted by atomic mass is 10.1. The molecule has 0 aliphatic rings. The Morgan fingerprint density at radius 2 is 2.05 bits per heavy atom. The second-order valence-electron chi connectivity index (χ2n) is 4.35. The molecule has 0 atom stereocenters. The molecule has 6 nitrogen and oxygen atoms in total. The molecule has 20 heavy (non-hydrogen) atoms. The number of tetrazole rings is 1. The van der Waals surface area contributed by atoms with Crippen molar-refractivity contribution in [3.63, 3.8) is 0 Å². The van der Waals surface area contributed by atoms with E-state index in [0.29, 0.717) is 16.5 Å². The van der Waals surface area contributed by atoms with Crippen molar-refractivity contribution in [1.82, 2.24) is 30.0 Å². The van der Waals surface area contributed by atoms with Crippen LogP contribution in [0.3, 0.4) is 0 Å². The fourth-order valence-electron chi connectivity index (χ4n) is 2.06. The number of aryl methyl sites for hydroxylation is 2. The van der Waals surface area contributed by atoms with E-state index < -0.39 is 0 Å². The molecule has 0 saturated heterocycles. The summed E-state index contributed by atoms with van der Waals surface area (Å²) < 4.78 is 1.70. The number of aromatic nitrogens is 6. The summed E-state index contributed by atoms with van der Waals surface area (Å²) in [5, 5.41) is 16.8. The van der Waals surface area contributed by atoms with Crippen molar-refractivity contribution in [2.24, 2.45) is 7.05 Å². The number of benzene rings is 1. The van der Waals surface area contributed by atoms with Gasteiger partial charge in [-0.1, -0.05) is 36.7 Å². The maximum Gasteiger partial charge on any atom is 0.209 e. The molecule has 0 aliphatic heterocycles. The summed E-state index contributed by atoms with van der Waals surface area (Å²) in [6.07, 6.45) is 2.57. The molecule has 3 aromatic rings. The van der Waals surface area contributed by atoms with Gasteiger partial charge < -0.3 is 0 Å². The molecule has 0 aliphatic carbocycles. The van der Waals surface area contributed by atoms with Gasteiger partial charge in [-0.2, -0.15) is 9.90 Å². The lowest BCUT2D eigenvalue weighted by Gasteiger charge is -2.08. The van der Waals surface area contributed by atoms with Crippen LogP contribution in [0.15, 0.2) is 30.5 Å². The molecule has 0 unspecified atom stereocenters. The van der Waals surface area contributed by atoms with Crippen LogP contribution in [-0.4, -0.2) is 30.0 Å². The van der Waals surface area contributed by atoms with Crippen LogP contribution < -0.4 is 0 Å². The second kappa shape index (κ2) is 5.05. The van der Waals surface area contributed by atoms with E-state index in [1.54, 1.807) is 17.9 Å². The predicted molar refractivity (Wildman–Crippen MR) is 75.7 cm³/mol. The van der Waals surface area contributed by atoms with E-state index in [-0.39, 0.29) is 0 Å². The fraction of sp³-hybridized carbons (Fsp3) is 0.231. The summed E-state index contributed by atoms with van der Waals surface area (Å²) >= 11 is 6.42. The number of halogens is 1. The molecular formula is C13H13ClN6. The monoisotopic (exact) mass is 288 g/mol. The summed E-state index contributed by atoms with van der Waals surface area (Å²) in [5.41, 5.74) is 2.82. The standard InChI is InChI=1S/C13H13ClN6/c1-3-9-6-4-5-7-11(9)20-12(14)10(8-15-20)13-16-18-19(2)17-13/h4-8H,3H2,1-2H3. The number of hydrogen-bond acceptors (Lipinski definition) is 4. The first-order valence-corrected chi connectivity index (χ1v) is 6.64. The SMILES string of the molecule is CCc1ccccc1-n1ncc(-c2nnn(C)n2)c1Cl. The molecule has 0 bridgehead atoms. The highest BCUT2D eigenvalue weighted by atomic mass is 35.5. The average molecular weight is 289 g/mol. The highest BCUT2D eigenvalue weighted by Gasteiger charge is 2.16. The zero-order chi connectivity index (χ0) is 14.1. The van der Waals surface area contributed by atoms with Crippen LogP contribution in [0.5, 0.6) is 0 Å². The molecule has 7 heteroatoms. The molecule has 2 heterocycles. The Hall–Kier alpha value is -2.21. The van der Waals surface area contributed by atoms with Gasteiger partial charge in [-0.15, -0.1) is 10.2 Å². The van der Waals surface area contributed by atoms with Crippen molar-refractivity contribution in [2.45, 2.75) is 13.3 Å². The molecule has 3 rings (SSSR count). The van der Waals surface area contributed by atoms with E-state index in [4.69, 9.17) is 11.6 Å². The van der Waals surface area contributed by atoms with Crippen molar-refractivity contribution < 1.29 is 0 Å². The maximum absolute atomic E-state index is 6.42. The third-order valence-corrected chi connectivity index (χ3v) is 3.42. The van der Waals surface area contributed by atoms with Gasteiger partial charge in [0.25, 0.3) is 0 Å². The normalized spacial score (nSPS) is 10.9. The van der Waals surface area contributed by atoms with Crippen molar-refractivity contribution in [3.05, 3.63) is 41.2 Å². The van der Waals surface area contributed by atoms with Crippen LogP contribution in [0.1, 0.15) is 12.5 Å². The zero-order valence-electron chi connectivity index (χ0n) is 11.2. The Balaban J connectivity index is 2.11. The molecule has 0 radical (unpaired) electrons. The number of rotatable bonds is 3. The van der Waals surface area contributed by atoms with Crippen molar-refractivity contribution >= 4 is 11.6 Å². The number of nitrogens with zero attached hydrogens (tertiary/aromatic N) is 6. The van der Waals surface area contributed by atoms with E-state index in [9.17, 15) is 0 Å². The Labute approximate surface area is 121 Å². The van der Waals surface area contributed by atoms with Crippen LogP contribution in [0.25, 0.3) is 17.1 Å². The van der Waals surface area contributed by atoms with E-state index >= 15 is 0 Å². The van der Waals surface area contributed by atoms with Gasteiger partial charge in [0.2, 0.25) is 5.82 Å². The topological polar surface area (TPSA) is 61.4 Å². The van der Waals surface area contributed by atoms with Gasteiger partial charge in [-0.05, 0) is 23.3 Å². The molecule has 2 aromatic heterocycles. The summed E-state index contributed by atoms with van der Waals surface area (Å²) in [4.78, 5) is 1.39. The minimum absolute atomic E-state index is 0.470. The van der Waals surface area contributed by atoms with Gasteiger partial charge in [-0.3, -0.25) is 0 Å². The van der Waals surface area contributed by atoms with Gasteiger partial charge in [0.1, 0.15) is 5.15 Å². The van der Waals surface area contributed by atoms with E-state index in [1.807, 2.05) is 18.2 Å². The Kier molecular flexibility index (Phi) is 3.23. The largest absolute Gasteiger partial charge is 0.221 e. The maximum atomic E-state index is 6.42. The van der Waals surface area contributed by atoms with Crippen molar-refractivity contribution in [2.75, 3.05) is 0 Å². The van der Waals surface area contributed by atoms with Gasteiger partial charge in [0.05, 0.1) is 24.5 Å². The minimum Gasteiger partial charge on any atom is -0.221 e. The highest BCUT2D eigenvalue weighted by molar-refractivity contribution is 6.32. The molecular weight excluding hydrogens is 276 g/mol. The molecule has 0 fully saturated rings. The molecule has 0 saturated carbocycles. The average Bonchev–Trinajstić information content (AvgIpc) is 3.05. The summed E-state index contributed by atoms with van der Waals surface area (Å²) in [6.45, 7) is 2.10. The molecule has 0 spiro atoms. The zero-order valence-corrected chi connectivity index (χ0v) is 11.9. The van der Waals surface area contributed by atoms with Crippen molar-refractivity contribution in [3.8, 4) is 17.1 Å². The van der Waals surface area contributed by atoms with E-state index in [2.05, 4.69) is 33.5 Å². The molecule has 1 aromatic carbocycles. The van der Waals surface area contributed by atoms with Gasteiger partial charge in [0.15, 0.2) is 0 Å². The molecule has 0 N–H and O–H groups in total. The van der Waals surface area contributed by atoms with Crippen LogP contribution in [0.4, 0.5) is 0 Å².